The molecule has 0 aliphatic rings. The Labute approximate surface area is 127 Å². The Bertz CT molecular complexity index is 619. The molecule has 1 heterocycles. The molecule has 0 spiro atoms. The number of carbonyl (C=O) groups is 1. The zero-order chi connectivity index (χ0) is 15.1. The lowest BCUT2D eigenvalue weighted by Gasteiger charge is -2.10. The second-order valence-corrected chi connectivity index (χ2v) is 5.72. The van der Waals surface area contributed by atoms with E-state index in [4.69, 9.17) is 10.2 Å². The number of rotatable bonds is 8. The second kappa shape index (κ2) is 7.85. The minimum Gasteiger partial charge on any atom is -0.477 e. The number of fused-ring (bicyclic) bond motifs is 1. The summed E-state index contributed by atoms with van der Waals surface area (Å²) in [5, 5.41) is 22.0. The highest BCUT2D eigenvalue weighted by Crippen LogP contribution is 2.23. The molecule has 0 saturated carbocycles. The van der Waals surface area contributed by atoms with Crippen molar-refractivity contribution in [1.29, 1.82) is 0 Å². The fourth-order valence-electron chi connectivity index (χ4n) is 1.96. The van der Waals surface area contributed by atoms with Gasteiger partial charge in [0.1, 0.15) is 0 Å². The molecule has 2 aromatic rings. The lowest BCUT2D eigenvalue weighted by Crippen LogP contribution is -2.08. The van der Waals surface area contributed by atoms with Crippen LogP contribution in [0, 0.1) is 0 Å². The Kier molecular flexibility index (Phi) is 5.83. The Morgan fingerprint density at radius 2 is 2.10 bits per heavy atom. The maximum atomic E-state index is 11.1. The summed E-state index contributed by atoms with van der Waals surface area (Å²) in [7, 11) is 0. The van der Waals surface area contributed by atoms with Crippen molar-refractivity contribution in [2.75, 3.05) is 30.0 Å². The smallest absolute Gasteiger partial charge is 0.354 e. The number of thioether (sulfide) groups is 1. The number of aliphatic hydroxyl groups is 1. The number of benzene rings is 1. The molecule has 3 N–H and O–H groups in total. The first-order chi connectivity index (χ1) is 10.2. The number of hydrogen-bond acceptors (Lipinski definition) is 5. The number of carboxylic acids is 1. The quantitative estimate of drug-likeness (QED) is 0.650. The van der Waals surface area contributed by atoms with Crippen molar-refractivity contribution in [2.45, 2.75) is 6.42 Å². The summed E-state index contributed by atoms with van der Waals surface area (Å²) in [5.41, 5.74) is 1.51. The molecule has 6 heteroatoms. The number of carboxylic acid groups (broad SMARTS) is 1. The summed E-state index contributed by atoms with van der Waals surface area (Å²) in [6.45, 7) is 0.959. The molecular formula is C15H18N2O3S. The average Bonchev–Trinajstić information content (AvgIpc) is 2.50. The van der Waals surface area contributed by atoms with E-state index in [1.165, 1.54) is 0 Å². The molecule has 0 atom stereocenters. The van der Waals surface area contributed by atoms with E-state index in [9.17, 15) is 4.79 Å². The summed E-state index contributed by atoms with van der Waals surface area (Å²) in [6.07, 6.45) is 0.798. The fourth-order valence-corrected chi connectivity index (χ4v) is 2.74. The van der Waals surface area contributed by atoms with Gasteiger partial charge in [0, 0.05) is 30.0 Å². The first-order valence-corrected chi connectivity index (χ1v) is 7.93. The third-order valence-corrected chi connectivity index (χ3v) is 4.01. The van der Waals surface area contributed by atoms with Crippen molar-refractivity contribution in [1.82, 2.24) is 4.98 Å². The van der Waals surface area contributed by atoms with Gasteiger partial charge in [-0.15, -0.1) is 0 Å². The third-order valence-electron chi connectivity index (χ3n) is 2.94. The van der Waals surface area contributed by atoms with Crippen LogP contribution in [0.15, 0.2) is 30.3 Å². The van der Waals surface area contributed by atoms with E-state index in [0.29, 0.717) is 5.52 Å². The number of nitrogens with zero attached hydrogens (tertiary/aromatic N) is 1. The Balaban J connectivity index is 2.08. The monoisotopic (exact) mass is 306 g/mol. The van der Waals surface area contributed by atoms with E-state index in [0.717, 1.165) is 35.5 Å². The molecule has 0 radical (unpaired) electrons. The average molecular weight is 306 g/mol. The molecule has 21 heavy (non-hydrogen) atoms. The van der Waals surface area contributed by atoms with Crippen LogP contribution in [-0.2, 0) is 0 Å². The standard InChI is InChI=1S/C15H18N2O3S/c18-7-3-8-21-9-6-16-13-10-14(15(19)20)17-12-5-2-1-4-11(12)13/h1-2,4-5,10,18H,3,6-9H2,(H,16,17)(H,19,20). The topological polar surface area (TPSA) is 82.5 Å². The maximum Gasteiger partial charge on any atom is 0.354 e. The van der Waals surface area contributed by atoms with Gasteiger partial charge in [0.05, 0.1) is 5.52 Å². The van der Waals surface area contributed by atoms with E-state index in [1.807, 2.05) is 24.3 Å². The summed E-state index contributed by atoms with van der Waals surface area (Å²) in [5.74, 6) is 0.801. The summed E-state index contributed by atoms with van der Waals surface area (Å²) < 4.78 is 0. The normalized spacial score (nSPS) is 10.7. The largest absolute Gasteiger partial charge is 0.477 e. The van der Waals surface area contributed by atoms with Gasteiger partial charge in [-0.25, -0.2) is 9.78 Å². The van der Waals surface area contributed by atoms with Crippen molar-refractivity contribution in [2.24, 2.45) is 0 Å². The van der Waals surface area contributed by atoms with Crippen LogP contribution in [0.25, 0.3) is 10.9 Å². The molecule has 2 rings (SSSR count). The van der Waals surface area contributed by atoms with Gasteiger partial charge in [0.2, 0.25) is 0 Å². The minimum absolute atomic E-state index is 0.0455. The van der Waals surface area contributed by atoms with Crippen molar-refractivity contribution >= 4 is 34.3 Å². The Morgan fingerprint density at radius 1 is 1.29 bits per heavy atom. The number of pyridine rings is 1. The lowest BCUT2D eigenvalue weighted by molar-refractivity contribution is 0.0691. The Hall–Kier alpha value is -1.79. The third kappa shape index (κ3) is 4.34. The zero-order valence-electron chi connectivity index (χ0n) is 11.6. The van der Waals surface area contributed by atoms with Gasteiger partial charge in [-0.05, 0) is 24.3 Å². The number of aliphatic hydroxyl groups excluding tert-OH is 1. The minimum atomic E-state index is -1.03. The van der Waals surface area contributed by atoms with E-state index in [1.54, 1.807) is 17.8 Å². The summed E-state index contributed by atoms with van der Waals surface area (Å²) in [6, 6.07) is 9.06. The lowest BCUT2D eigenvalue weighted by atomic mass is 10.1. The van der Waals surface area contributed by atoms with Crippen LogP contribution in [0.2, 0.25) is 0 Å². The predicted molar refractivity (Wildman–Crippen MR) is 86.2 cm³/mol. The number of hydrogen-bond donors (Lipinski definition) is 3. The molecule has 1 aromatic carbocycles. The number of aromatic carboxylic acids is 1. The second-order valence-electron chi connectivity index (χ2n) is 4.49. The highest BCUT2D eigenvalue weighted by Gasteiger charge is 2.10. The van der Waals surface area contributed by atoms with Crippen LogP contribution < -0.4 is 5.32 Å². The first kappa shape index (κ1) is 15.6. The molecule has 112 valence electrons. The summed E-state index contributed by atoms with van der Waals surface area (Å²) in [4.78, 5) is 15.3. The van der Waals surface area contributed by atoms with Crippen LogP contribution in [0.4, 0.5) is 5.69 Å². The SMILES string of the molecule is O=C(O)c1cc(NCCSCCCO)c2ccccc2n1. The van der Waals surface area contributed by atoms with Gasteiger partial charge in [-0.2, -0.15) is 11.8 Å². The van der Waals surface area contributed by atoms with Crippen molar-refractivity contribution in [3.8, 4) is 0 Å². The highest BCUT2D eigenvalue weighted by atomic mass is 32.2. The molecule has 0 aliphatic heterocycles. The maximum absolute atomic E-state index is 11.1. The van der Waals surface area contributed by atoms with Gasteiger partial charge >= 0.3 is 5.97 Å². The summed E-state index contributed by atoms with van der Waals surface area (Å²) >= 11 is 1.76. The van der Waals surface area contributed by atoms with E-state index in [2.05, 4.69) is 10.3 Å². The van der Waals surface area contributed by atoms with Crippen molar-refractivity contribution in [3.63, 3.8) is 0 Å². The predicted octanol–water partition coefficient (Wildman–Crippen LogP) is 2.46. The van der Waals surface area contributed by atoms with E-state index >= 15 is 0 Å². The molecular weight excluding hydrogens is 288 g/mol. The van der Waals surface area contributed by atoms with Gasteiger partial charge in [-0.3, -0.25) is 0 Å². The van der Waals surface area contributed by atoms with E-state index < -0.39 is 5.97 Å². The van der Waals surface area contributed by atoms with E-state index in [-0.39, 0.29) is 12.3 Å². The zero-order valence-corrected chi connectivity index (χ0v) is 12.4. The molecule has 0 unspecified atom stereocenters. The van der Waals surface area contributed by atoms with Crippen molar-refractivity contribution in [3.05, 3.63) is 36.0 Å². The van der Waals surface area contributed by atoms with Crippen LogP contribution in [0.3, 0.4) is 0 Å². The Morgan fingerprint density at radius 3 is 2.86 bits per heavy atom. The van der Waals surface area contributed by atoms with Gasteiger partial charge in [0.15, 0.2) is 5.69 Å². The van der Waals surface area contributed by atoms with Crippen LogP contribution in [-0.4, -0.2) is 45.8 Å². The molecule has 5 nitrogen and oxygen atoms in total. The number of para-hydroxylation sites is 1. The van der Waals surface area contributed by atoms with Crippen LogP contribution in [0.5, 0.6) is 0 Å². The molecule has 0 amide bonds. The van der Waals surface area contributed by atoms with Crippen LogP contribution in [0.1, 0.15) is 16.9 Å². The first-order valence-electron chi connectivity index (χ1n) is 6.78. The molecule has 0 fully saturated rings. The molecule has 1 aromatic heterocycles. The van der Waals surface area contributed by atoms with Gasteiger partial charge in [-0.1, -0.05) is 18.2 Å². The number of nitrogens with one attached hydrogen (secondary N) is 1. The highest BCUT2D eigenvalue weighted by molar-refractivity contribution is 7.99. The number of aromatic nitrogens is 1. The van der Waals surface area contributed by atoms with Gasteiger partial charge in [0.25, 0.3) is 0 Å². The molecule has 0 bridgehead atoms. The van der Waals surface area contributed by atoms with Gasteiger partial charge < -0.3 is 15.5 Å². The molecule has 0 aliphatic carbocycles. The van der Waals surface area contributed by atoms with Crippen molar-refractivity contribution < 1.29 is 15.0 Å². The van der Waals surface area contributed by atoms with Crippen LogP contribution >= 0.6 is 11.8 Å². The fraction of sp³-hybridized carbons (Fsp3) is 0.333. The molecule has 0 saturated heterocycles. The number of anilines is 1.